The molecule has 1 atom stereocenters. The van der Waals surface area contributed by atoms with Gasteiger partial charge in [-0.25, -0.2) is 5.06 Å². The Hall–Kier alpha value is -1.44. The molecule has 21 heavy (non-hydrogen) atoms. The van der Waals surface area contributed by atoms with Crippen LogP contribution in [0.1, 0.15) is 22.5 Å². The van der Waals surface area contributed by atoms with Crippen LogP contribution in [0.5, 0.6) is 0 Å². The molecule has 2 amide bonds. The van der Waals surface area contributed by atoms with Gasteiger partial charge < -0.3 is 10.0 Å². The van der Waals surface area contributed by atoms with Crippen LogP contribution in [0.3, 0.4) is 0 Å². The van der Waals surface area contributed by atoms with Gasteiger partial charge in [-0.15, -0.1) is 11.3 Å². The first kappa shape index (κ1) is 15.9. The first-order valence-electron chi connectivity index (χ1n) is 6.96. The van der Waals surface area contributed by atoms with Crippen molar-refractivity contribution in [3.63, 3.8) is 0 Å². The lowest BCUT2D eigenvalue weighted by atomic mass is 9.97. The minimum Gasteiger partial charge on any atom is -0.394 e. The van der Waals surface area contributed by atoms with Crippen molar-refractivity contribution in [1.29, 1.82) is 0 Å². The van der Waals surface area contributed by atoms with E-state index >= 15 is 0 Å². The van der Waals surface area contributed by atoms with Crippen molar-refractivity contribution in [2.45, 2.75) is 12.8 Å². The first-order chi connectivity index (χ1) is 10.2. The van der Waals surface area contributed by atoms with E-state index < -0.39 is 0 Å². The van der Waals surface area contributed by atoms with Crippen LogP contribution in [0.15, 0.2) is 17.5 Å². The molecule has 7 heteroatoms. The molecule has 1 aliphatic rings. The summed E-state index contributed by atoms with van der Waals surface area (Å²) in [4.78, 5) is 32.1. The third-order valence-electron chi connectivity index (χ3n) is 3.56. The van der Waals surface area contributed by atoms with Crippen molar-refractivity contribution in [3.05, 3.63) is 22.4 Å². The number of thiophene rings is 1. The van der Waals surface area contributed by atoms with E-state index in [0.717, 1.165) is 12.8 Å². The van der Waals surface area contributed by atoms with Gasteiger partial charge in [0.05, 0.1) is 31.1 Å². The second kappa shape index (κ2) is 7.53. The highest BCUT2D eigenvalue weighted by molar-refractivity contribution is 7.12. The molecule has 0 unspecified atom stereocenters. The van der Waals surface area contributed by atoms with Gasteiger partial charge in [-0.3, -0.25) is 14.4 Å². The number of amides is 2. The lowest BCUT2D eigenvalue weighted by molar-refractivity contribution is -0.184. The van der Waals surface area contributed by atoms with Crippen molar-refractivity contribution in [3.8, 4) is 0 Å². The predicted octanol–water partition coefficient (Wildman–Crippen LogP) is 0.983. The molecule has 0 aliphatic carbocycles. The number of aliphatic hydroxyl groups is 1. The molecule has 0 bridgehead atoms. The molecule has 1 aromatic heterocycles. The van der Waals surface area contributed by atoms with Gasteiger partial charge in [0.25, 0.3) is 11.8 Å². The van der Waals surface area contributed by atoms with Crippen LogP contribution in [-0.4, -0.2) is 60.2 Å². The monoisotopic (exact) mass is 312 g/mol. The Morgan fingerprint density at radius 3 is 3.00 bits per heavy atom. The number of hydrogen-bond acceptors (Lipinski definition) is 5. The summed E-state index contributed by atoms with van der Waals surface area (Å²) in [6.07, 6.45) is 1.53. The molecule has 1 saturated heterocycles. The van der Waals surface area contributed by atoms with E-state index in [-0.39, 0.29) is 30.9 Å². The van der Waals surface area contributed by atoms with E-state index in [1.807, 2.05) is 11.4 Å². The fourth-order valence-electron chi connectivity index (χ4n) is 2.51. The Morgan fingerprint density at radius 2 is 2.38 bits per heavy atom. The van der Waals surface area contributed by atoms with Crippen molar-refractivity contribution in [2.75, 3.05) is 33.4 Å². The quantitative estimate of drug-likeness (QED) is 0.823. The van der Waals surface area contributed by atoms with Crippen molar-refractivity contribution in [1.82, 2.24) is 9.96 Å². The van der Waals surface area contributed by atoms with E-state index in [0.29, 0.717) is 18.0 Å². The van der Waals surface area contributed by atoms with Gasteiger partial charge in [-0.05, 0) is 24.3 Å². The minimum absolute atomic E-state index is 0.0198. The van der Waals surface area contributed by atoms with Crippen LogP contribution in [0, 0.1) is 5.92 Å². The summed E-state index contributed by atoms with van der Waals surface area (Å²) in [5.74, 6) is -0.460. The number of hydroxylamine groups is 2. The summed E-state index contributed by atoms with van der Waals surface area (Å²) in [5.41, 5.74) is 0. The van der Waals surface area contributed by atoms with Gasteiger partial charge in [0.15, 0.2) is 0 Å². The van der Waals surface area contributed by atoms with E-state index in [9.17, 15) is 9.59 Å². The Morgan fingerprint density at radius 1 is 1.57 bits per heavy atom. The lowest BCUT2D eigenvalue weighted by Crippen LogP contribution is -2.47. The molecule has 1 N–H and O–H groups in total. The maximum atomic E-state index is 12.3. The third-order valence-corrected chi connectivity index (χ3v) is 4.42. The second-order valence-corrected chi connectivity index (χ2v) is 5.86. The molecule has 6 nitrogen and oxygen atoms in total. The van der Waals surface area contributed by atoms with Crippen molar-refractivity contribution < 1.29 is 19.5 Å². The molecule has 1 aliphatic heterocycles. The van der Waals surface area contributed by atoms with Crippen LogP contribution in [0.2, 0.25) is 0 Å². The molecule has 0 saturated carbocycles. The van der Waals surface area contributed by atoms with Gasteiger partial charge in [-0.1, -0.05) is 6.07 Å². The standard InChI is InChI=1S/C14H20N2O4S/c1-20-16(7-8-17)13(18)11-4-2-6-15(10-11)14(19)12-5-3-9-21-12/h3,5,9,11,17H,2,4,6-8,10H2,1H3/t11-/m0/s1. The second-order valence-electron chi connectivity index (χ2n) is 4.91. The fraction of sp³-hybridized carbons (Fsp3) is 0.571. The Bertz CT molecular complexity index is 477. The van der Waals surface area contributed by atoms with Crippen molar-refractivity contribution >= 4 is 23.2 Å². The maximum absolute atomic E-state index is 12.3. The molecular formula is C14H20N2O4S. The van der Waals surface area contributed by atoms with Gasteiger partial charge in [0.1, 0.15) is 0 Å². The first-order valence-corrected chi connectivity index (χ1v) is 7.84. The molecule has 1 fully saturated rings. The number of nitrogens with zero attached hydrogens (tertiary/aromatic N) is 2. The van der Waals surface area contributed by atoms with Crippen LogP contribution in [0.4, 0.5) is 0 Å². The molecule has 0 radical (unpaired) electrons. The van der Waals surface area contributed by atoms with Crippen LogP contribution < -0.4 is 0 Å². The van der Waals surface area contributed by atoms with E-state index in [1.165, 1.54) is 23.5 Å². The SMILES string of the molecule is CON(CCO)C(=O)[C@H]1CCCN(C(=O)c2cccs2)C1. The highest BCUT2D eigenvalue weighted by Crippen LogP contribution is 2.22. The molecule has 1 aromatic rings. The van der Waals surface area contributed by atoms with E-state index in [4.69, 9.17) is 9.94 Å². The lowest BCUT2D eigenvalue weighted by Gasteiger charge is -2.33. The highest BCUT2D eigenvalue weighted by Gasteiger charge is 2.32. The Labute approximate surface area is 127 Å². The number of piperidine rings is 1. The summed E-state index contributed by atoms with van der Waals surface area (Å²) in [6.45, 7) is 1.07. The molecule has 2 rings (SSSR count). The zero-order valence-electron chi connectivity index (χ0n) is 12.0. The third kappa shape index (κ3) is 3.81. The Balaban J connectivity index is 2.00. The summed E-state index contributed by atoms with van der Waals surface area (Å²) in [5, 5.41) is 12.0. The molecular weight excluding hydrogens is 292 g/mol. The maximum Gasteiger partial charge on any atom is 0.263 e. The number of hydrogen-bond donors (Lipinski definition) is 1. The van der Waals surface area contributed by atoms with E-state index in [1.54, 1.807) is 11.0 Å². The van der Waals surface area contributed by atoms with Gasteiger partial charge >= 0.3 is 0 Å². The van der Waals surface area contributed by atoms with E-state index in [2.05, 4.69) is 0 Å². The minimum atomic E-state index is -0.269. The summed E-state index contributed by atoms with van der Waals surface area (Å²) in [6, 6.07) is 3.64. The molecule has 0 spiro atoms. The largest absolute Gasteiger partial charge is 0.394 e. The van der Waals surface area contributed by atoms with Gasteiger partial charge in [0.2, 0.25) is 0 Å². The number of carbonyl (C=O) groups excluding carboxylic acids is 2. The highest BCUT2D eigenvalue weighted by atomic mass is 32.1. The Kier molecular flexibility index (Phi) is 5.72. The zero-order chi connectivity index (χ0) is 15.2. The van der Waals surface area contributed by atoms with Crippen molar-refractivity contribution in [2.24, 2.45) is 5.92 Å². The van der Waals surface area contributed by atoms with Crippen LogP contribution in [0.25, 0.3) is 0 Å². The van der Waals surface area contributed by atoms with Gasteiger partial charge in [0, 0.05) is 13.1 Å². The number of aliphatic hydroxyl groups excluding tert-OH is 1. The smallest absolute Gasteiger partial charge is 0.263 e. The number of rotatable bonds is 5. The summed E-state index contributed by atoms with van der Waals surface area (Å²) in [7, 11) is 1.41. The van der Waals surface area contributed by atoms with Crippen LogP contribution in [-0.2, 0) is 9.63 Å². The van der Waals surface area contributed by atoms with Gasteiger partial charge in [-0.2, -0.15) is 0 Å². The average molecular weight is 312 g/mol. The average Bonchev–Trinajstić information content (AvgIpc) is 3.05. The summed E-state index contributed by atoms with van der Waals surface area (Å²) < 4.78 is 0. The molecule has 116 valence electrons. The predicted molar refractivity (Wildman–Crippen MR) is 78.8 cm³/mol. The summed E-state index contributed by atoms with van der Waals surface area (Å²) >= 11 is 1.41. The van der Waals surface area contributed by atoms with Crippen LogP contribution >= 0.6 is 11.3 Å². The molecule has 2 heterocycles. The fourth-order valence-corrected chi connectivity index (χ4v) is 3.20. The normalized spacial score (nSPS) is 18.6. The topological polar surface area (TPSA) is 70.1 Å². The number of likely N-dealkylation sites (tertiary alicyclic amines) is 1. The zero-order valence-corrected chi connectivity index (χ0v) is 12.8. The number of carbonyl (C=O) groups is 2. The molecule has 0 aromatic carbocycles.